The van der Waals surface area contributed by atoms with Gasteiger partial charge in [0.2, 0.25) is 11.8 Å². The van der Waals surface area contributed by atoms with E-state index in [1.165, 1.54) is 0 Å². The number of amides is 2. The molecule has 1 N–H and O–H groups in total. The Morgan fingerprint density at radius 2 is 1.96 bits per heavy atom. The summed E-state index contributed by atoms with van der Waals surface area (Å²) in [4.78, 5) is 27.8. The highest BCUT2D eigenvalue weighted by atomic mass is 35.5. The summed E-state index contributed by atoms with van der Waals surface area (Å²) in [6, 6.07) is 5.32. The minimum atomic E-state index is -0.197. The Morgan fingerprint density at radius 1 is 1.26 bits per heavy atom. The third-order valence-electron chi connectivity index (χ3n) is 3.64. The first kappa shape index (κ1) is 17.6. The quantitative estimate of drug-likeness (QED) is 0.891. The van der Waals surface area contributed by atoms with Crippen LogP contribution in [0.5, 0.6) is 0 Å². The largest absolute Gasteiger partial charge is 0.378 e. The van der Waals surface area contributed by atoms with Gasteiger partial charge in [-0.15, -0.1) is 0 Å². The Bertz CT molecular complexity index is 572. The molecule has 0 spiro atoms. The molecule has 2 amide bonds. The number of ether oxygens (including phenoxy) is 1. The Hall–Kier alpha value is -1.79. The molecule has 1 aliphatic heterocycles. The molecule has 0 unspecified atom stereocenters. The smallest absolute Gasteiger partial charge is 0.224 e. The molecule has 0 aliphatic carbocycles. The standard InChI is InChI=1S/C16H22ClN3O3/c1-19(2)14-4-3-12(17)11-13(14)18-15(21)5-6-16(22)20-7-9-23-10-8-20/h3-4,11H,5-10H2,1-2H3,(H,18,21). The van der Waals surface area contributed by atoms with Crippen molar-refractivity contribution < 1.29 is 14.3 Å². The third kappa shape index (κ3) is 5.11. The molecule has 1 aromatic carbocycles. The maximum Gasteiger partial charge on any atom is 0.224 e. The second-order valence-corrected chi connectivity index (χ2v) is 6.03. The lowest BCUT2D eigenvalue weighted by molar-refractivity contribution is -0.136. The van der Waals surface area contributed by atoms with E-state index in [9.17, 15) is 9.59 Å². The van der Waals surface area contributed by atoms with Crippen molar-refractivity contribution in [3.63, 3.8) is 0 Å². The monoisotopic (exact) mass is 339 g/mol. The van der Waals surface area contributed by atoms with Gasteiger partial charge < -0.3 is 19.9 Å². The average molecular weight is 340 g/mol. The molecule has 6 nitrogen and oxygen atoms in total. The summed E-state index contributed by atoms with van der Waals surface area (Å²) in [6.07, 6.45) is 0.346. The minimum absolute atomic E-state index is 0.0117. The molecule has 1 aromatic rings. The normalized spacial score (nSPS) is 14.5. The Morgan fingerprint density at radius 3 is 2.61 bits per heavy atom. The number of halogens is 1. The lowest BCUT2D eigenvalue weighted by Gasteiger charge is -2.26. The molecule has 0 radical (unpaired) electrons. The van der Waals surface area contributed by atoms with Crippen LogP contribution in [0.25, 0.3) is 0 Å². The van der Waals surface area contributed by atoms with Gasteiger partial charge in [0, 0.05) is 45.0 Å². The van der Waals surface area contributed by atoms with Crippen LogP contribution in [0.4, 0.5) is 11.4 Å². The van der Waals surface area contributed by atoms with Crippen LogP contribution in [0, 0.1) is 0 Å². The molecule has 0 aromatic heterocycles. The molecule has 2 rings (SSSR count). The van der Waals surface area contributed by atoms with Crippen LogP contribution in [-0.4, -0.2) is 57.1 Å². The zero-order valence-corrected chi connectivity index (χ0v) is 14.2. The highest BCUT2D eigenvalue weighted by Crippen LogP contribution is 2.28. The Labute approximate surface area is 141 Å². The van der Waals surface area contributed by atoms with Crippen molar-refractivity contribution in [3.05, 3.63) is 23.2 Å². The second-order valence-electron chi connectivity index (χ2n) is 5.60. The van der Waals surface area contributed by atoms with Crippen LogP contribution in [0.15, 0.2) is 18.2 Å². The van der Waals surface area contributed by atoms with E-state index in [-0.39, 0.29) is 24.7 Å². The fourth-order valence-corrected chi connectivity index (χ4v) is 2.57. The number of carbonyl (C=O) groups is 2. The van der Waals surface area contributed by atoms with Crippen molar-refractivity contribution in [2.75, 3.05) is 50.6 Å². The number of carbonyl (C=O) groups excluding carboxylic acids is 2. The number of hydrogen-bond donors (Lipinski definition) is 1. The van der Waals surface area contributed by atoms with E-state index in [0.717, 1.165) is 5.69 Å². The van der Waals surface area contributed by atoms with Crippen LogP contribution in [-0.2, 0) is 14.3 Å². The van der Waals surface area contributed by atoms with Gasteiger partial charge in [-0.25, -0.2) is 0 Å². The number of morpholine rings is 1. The van der Waals surface area contributed by atoms with Crippen LogP contribution in [0.1, 0.15) is 12.8 Å². The van der Waals surface area contributed by atoms with Gasteiger partial charge >= 0.3 is 0 Å². The van der Waals surface area contributed by atoms with E-state index in [1.807, 2.05) is 25.1 Å². The molecule has 0 bridgehead atoms. The molecule has 0 atom stereocenters. The topological polar surface area (TPSA) is 61.9 Å². The summed E-state index contributed by atoms with van der Waals surface area (Å²) >= 11 is 5.99. The first-order chi connectivity index (χ1) is 11.0. The highest BCUT2D eigenvalue weighted by Gasteiger charge is 2.18. The van der Waals surface area contributed by atoms with Gasteiger partial charge in [-0.1, -0.05) is 11.6 Å². The summed E-state index contributed by atoms with van der Waals surface area (Å²) in [5.74, 6) is -0.209. The first-order valence-corrected chi connectivity index (χ1v) is 7.97. The van der Waals surface area contributed by atoms with Gasteiger partial charge in [-0.05, 0) is 18.2 Å². The van der Waals surface area contributed by atoms with E-state index >= 15 is 0 Å². The van der Waals surface area contributed by atoms with E-state index in [4.69, 9.17) is 16.3 Å². The van der Waals surface area contributed by atoms with Crippen molar-refractivity contribution in [1.29, 1.82) is 0 Å². The van der Waals surface area contributed by atoms with E-state index < -0.39 is 0 Å². The van der Waals surface area contributed by atoms with Gasteiger partial charge in [0.1, 0.15) is 0 Å². The second kappa shape index (κ2) is 8.17. The van der Waals surface area contributed by atoms with Crippen molar-refractivity contribution in [2.45, 2.75) is 12.8 Å². The summed E-state index contributed by atoms with van der Waals surface area (Å²) < 4.78 is 5.21. The summed E-state index contributed by atoms with van der Waals surface area (Å²) in [6.45, 7) is 2.32. The minimum Gasteiger partial charge on any atom is -0.378 e. The van der Waals surface area contributed by atoms with Crippen molar-refractivity contribution in [3.8, 4) is 0 Å². The van der Waals surface area contributed by atoms with Gasteiger partial charge in [0.25, 0.3) is 0 Å². The molecular weight excluding hydrogens is 318 g/mol. The zero-order valence-electron chi connectivity index (χ0n) is 13.5. The average Bonchev–Trinajstić information content (AvgIpc) is 2.53. The van der Waals surface area contributed by atoms with Crippen molar-refractivity contribution in [1.82, 2.24) is 4.90 Å². The number of benzene rings is 1. The Balaban J connectivity index is 1.89. The molecule has 1 saturated heterocycles. The fraction of sp³-hybridized carbons (Fsp3) is 0.500. The van der Waals surface area contributed by atoms with Crippen LogP contribution >= 0.6 is 11.6 Å². The van der Waals surface area contributed by atoms with Gasteiger partial charge in [-0.2, -0.15) is 0 Å². The summed E-state index contributed by atoms with van der Waals surface area (Å²) in [7, 11) is 3.78. The molecule has 7 heteroatoms. The Kier molecular flexibility index (Phi) is 6.24. The predicted octanol–water partition coefficient (Wildman–Crippen LogP) is 1.98. The van der Waals surface area contributed by atoms with Gasteiger partial charge in [0.15, 0.2) is 0 Å². The van der Waals surface area contributed by atoms with E-state index in [2.05, 4.69) is 5.32 Å². The fourth-order valence-electron chi connectivity index (χ4n) is 2.40. The van der Waals surface area contributed by atoms with E-state index in [1.54, 1.807) is 17.0 Å². The number of anilines is 2. The molecular formula is C16H22ClN3O3. The van der Waals surface area contributed by atoms with Crippen molar-refractivity contribution in [2.24, 2.45) is 0 Å². The number of nitrogens with one attached hydrogen (secondary N) is 1. The number of nitrogens with zero attached hydrogens (tertiary/aromatic N) is 2. The molecule has 1 fully saturated rings. The summed E-state index contributed by atoms with van der Waals surface area (Å²) in [5, 5.41) is 3.38. The third-order valence-corrected chi connectivity index (χ3v) is 3.88. The predicted molar refractivity (Wildman–Crippen MR) is 91.0 cm³/mol. The van der Waals surface area contributed by atoms with Crippen LogP contribution in [0.2, 0.25) is 5.02 Å². The maximum absolute atomic E-state index is 12.1. The number of rotatable bonds is 5. The first-order valence-electron chi connectivity index (χ1n) is 7.59. The lowest BCUT2D eigenvalue weighted by atomic mass is 10.2. The van der Waals surface area contributed by atoms with Crippen LogP contribution < -0.4 is 10.2 Å². The van der Waals surface area contributed by atoms with Crippen LogP contribution in [0.3, 0.4) is 0 Å². The van der Waals surface area contributed by atoms with Gasteiger partial charge in [0.05, 0.1) is 24.6 Å². The lowest BCUT2D eigenvalue weighted by Crippen LogP contribution is -2.40. The molecule has 126 valence electrons. The van der Waals surface area contributed by atoms with Crippen molar-refractivity contribution >= 4 is 34.8 Å². The SMILES string of the molecule is CN(C)c1ccc(Cl)cc1NC(=O)CCC(=O)N1CCOCC1. The molecule has 0 saturated carbocycles. The molecule has 1 aliphatic rings. The highest BCUT2D eigenvalue weighted by molar-refractivity contribution is 6.31. The van der Waals surface area contributed by atoms with Gasteiger partial charge in [-0.3, -0.25) is 9.59 Å². The number of hydrogen-bond acceptors (Lipinski definition) is 4. The summed E-state index contributed by atoms with van der Waals surface area (Å²) in [5.41, 5.74) is 1.51. The van der Waals surface area contributed by atoms with E-state index in [0.29, 0.717) is 37.0 Å². The molecule has 23 heavy (non-hydrogen) atoms. The maximum atomic E-state index is 12.1. The zero-order chi connectivity index (χ0) is 16.8. The molecule has 1 heterocycles.